The van der Waals surface area contributed by atoms with Crippen LogP contribution < -0.4 is 9.47 Å². The predicted octanol–water partition coefficient (Wildman–Crippen LogP) is 1.39. The molecule has 2 aliphatic heterocycles. The van der Waals surface area contributed by atoms with Crippen molar-refractivity contribution in [1.29, 1.82) is 0 Å². The van der Waals surface area contributed by atoms with Crippen LogP contribution in [-0.4, -0.2) is 41.8 Å². The number of benzene rings is 1. The van der Waals surface area contributed by atoms with Crippen LogP contribution in [0, 0.1) is 0 Å². The summed E-state index contributed by atoms with van der Waals surface area (Å²) in [5, 5.41) is 10.2. The minimum atomic E-state index is -1.66. The lowest BCUT2D eigenvalue weighted by atomic mass is 9.90. The summed E-state index contributed by atoms with van der Waals surface area (Å²) in [5.41, 5.74) is -1.36. The zero-order chi connectivity index (χ0) is 18.4. The van der Waals surface area contributed by atoms with E-state index in [0.29, 0.717) is 16.2 Å². The number of Topliss-reactive ketones (excluding diaryl/α,β-unsaturated/α-hetero) is 1. The summed E-state index contributed by atoms with van der Waals surface area (Å²) in [6, 6.07) is 4.87. The number of hydrogen-bond donors (Lipinski definition) is 1. The van der Waals surface area contributed by atoms with E-state index in [1.165, 1.54) is 21.1 Å². The van der Waals surface area contributed by atoms with Gasteiger partial charge in [0.2, 0.25) is 23.2 Å². The highest BCUT2D eigenvalue weighted by Crippen LogP contribution is 2.46. The van der Waals surface area contributed by atoms with Crippen LogP contribution in [0.2, 0.25) is 0 Å². The number of imide groups is 1. The molecule has 0 radical (unpaired) electrons. The maximum Gasteiger partial charge on any atom is 0.252 e. The molecule has 1 saturated heterocycles. The standard InChI is InChI=1S/C17H17NO7/c1-17(9-5-4-6-10(23-2)14(9)24-3)15(22)13(21)16(25-17)18-11(19)7-8-12(18)20/h4-6,21H,7-8H2,1-3H3. The molecule has 25 heavy (non-hydrogen) atoms. The maximum atomic E-state index is 12.7. The lowest BCUT2D eigenvalue weighted by Crippen LogP contribution is -2.34. The Labute approximate surface area is 143 Å². The molecule has 0 spiro atoms. The quantitative estimate of drug-likeness (QED) is 0.821. The Balaban J connectivity index is 2.07. The summed E-state index contributed by atoms with van der Waals surface area (Å²) in [5.74, 6) is -2.40. The Hall–Kier alpha value is -3.03. The van der Waals surface area contributed by atoms with Crippen molar-refractivity contribution in [2.45, 2.75) is 25.4 Å². The van der Waals surface area contributed by atoms with Crippen molar-refractivity contribution in [3.63, 3.8) is 0 Å². The van der Waals surface area contributed by atoms with E-state index in [-0.39, 0.29) is 18.6 Å². The van der Waals surface area contributed by atoms with Crippen LogP contribution in [0.15, 0.2) is 29.8 Å². The van der Waals surface area contributed by atoms with Crippen molar-refractivity contribution in [2.24, 2.45) is 0 Å². The zero-order valence-corrected chi connectivity index (χ0v) is 14.0. The molecule has 1 unspecified atom stereocenters. The molecular weight excluding hydrogens is 330 g/mol. The summed E-state index contributed by atoms with van der Waals surface area (Å²) >= 11 is 0. The number of hydrogen-bond acceptors (Lipinski definition) is 7. The minimum Gasteiger partial charge on any atom is -0.501 e. The molecule has 1 N–H and O–H groups in total. The number of carbonyl (C=O) groups excluding carboxylic acids is 3. The highest BCUT2D eigenvalue weighted by atomic mass is 16.5. The number of methoxy groups -OCH3 is 2. The summed E-state index contributed by atoms with van der Waals surface area (Å²) in [7, 11) is 2.86. The molecule has 2 amide bonds. The topological polar surface area (TPSA) is 102 Å². The van der Waals surface area contributed by atoms with Crippen molar-refractivity contribution >= 4 is 17.6 Å². The Kier molecular flexibility index (Phi) is 3.90. The lowest BCUT2D eigenvalue weighted by Gasteiger charge is -2.27. The Morgan fingerprint density at radius 2 is 1.76 bits per heavy atom. The molecule has 1 atom stereocenters. The van der Waals surface area contributed by atoms with Gasteiger partial charge in [-0.05, 0) is 13.0 Å². The third-order valence-corrected chi connectivity index (χ3v) is 4.32. The van der Waals surface area contributed by atoms with Crippen LogP contribution in [0.4, 0.5) is 0 Å². The van der Waals surface area contributed by atoms with Gasteiger partial charge in [0.1, 0.15) is 0 Å². The molecule has 0 aromatic heterocycles. The van der Waals surface area contributed by atoms with Gasteiger partial charge in [-0.3, -0.25) is 14.4 Å². The monoisotopic (exact) mass is 347 g/mol. The average molecular weight is 347 g/mol. The number of carbonyl (C=O) groups is 3. The van der Waals surface area contributed by atoms with Crippen LogP contribution >= 0.6 is 0 Å². The molecule has 8 heteroatoms. The van der Waals surface area contributed by atoms with E-state index in [4.69, 9.17) is 14.2 Å². The van der Waals surface area contributed by atoms with Gasteiger partial charge in [0.25, 0.3) is 11.7 Å². The summed E-state index contributed by atoms with van der Waals surface area (Å²) in [6.07, 6.45) is 0.0126. The summed E-state index contributed by atoms with van der Waals surface area (Å²) in [6.45, 7) is 1.43. The number of nitrogens with zero attached hydrogens (tertiary/aromatic N) is 1. The van der Waals surface area contributed by atoms with E-state index in [2.05, 4.69) is 0 Å². The smallest absolute Gasteiger partial charge is 0.252 e. The fourth-order valence-corrected chi connectivity index (χ4v) is 3.01. The third kappa shape index (κ3) is 2.33. The Morgan fingerprint density at radius 1 is 1.12 bits per heavy atom. The van der Waals surface area contributed by atoms with Crippen molar-refractivity contribution in [2.75, 3.05) is 14.2 Å². The number of likely N-dealkylation sites (tertiary alicyclic amines) is 1. The van der Waals surface area contributed by atoms with E-state index in [1.807, 2.05) is 0 Å². The zero-order valence-electron chi connectivity index (χ0n) is 14.0. The number of rotatable bonds is 4. The minimum absolute atomic E-state index is 0.00631. The molecular formula is C17H17NO7. The van der Waals surface area contributed by atoms with Crippen LogP contribution in [0.25, 0.3) is 0 Å². The summed E-state index contributed by atoms with van der Waals surface area (Å²) < 4.78 is 16.2. The van der Waals surface area contributed by atoms with Crippen LogP contribution in [0.3, 0.4) is 0 Å². The number of amides is 2. The highest BCUT2D eigenvalue weighted by molar-refractivity contribution is 6.08. The number of ketones is 1. The van der Waals surface area contributed by atoms with E-state index >= 15 is 0 Å². The van der Waals surface area contributed by atoms with Gasteiger partial charge in [-0.15, -0.1) is 0 Å². The number of aliphatic hydroxyl groups excluding tert-OH is 1. The van der Waals surface area contributed by atoms with Gasteiger partial charge in [0.15, 0.2) is 11.5 Å². The molecule has 2 aliphatic rings. The van der Waals surface area contributed by atoms with Crippen molar-refractivity contribution in [3.8, 4) is 11.5 Å². The molecule has 2 heterocycles. The maximum absolute atomic E-state index is 12.7. The molecule has 132 valence electrons. The van der Waals surface area contributed by atoms with Gasteiger partial charge in [-0.25, -0.2) is 4.90 Å². The van der Waals surface area contributed by atoms with Gasteiger partial charge in [0, 0.05) is 18.4 Å². The normalized spacial score (nSPS) is 23.3. The second kappa shape index (κ2) is 5.80. The SMILES string of the molecule is COc1cccc(C2(C)OC(N3C(=O)CCC3=O)=C(O)C2=O)c1OC. The summed E-state index contributed by atoms with van der Waals surface area (Å²) in [4.78, 5) is 37.2. The van der Waals surface area contributed by atoms with Crippen LogP contribution in [-0.2, 0) is 24.7 Å². The van der Waals surface area contributed by atoms with Gasteiger partial charge < -0.3 is 19.3 Å². The van der Waals surface area contributed by atoms with E-state index in [0.717, 1.165) is 0 Å². The average Bonchev–Trinajstić information content (AvgIpc) is 3.05. The highest BCUT2D eigenvalue weighted by Gasteiger charge is 2.53. The fourth-order valence-electron chi connectivity index (χ4n) is 3.01. The fraction of sp³-hybridized carbons (Fsp3) is 0.353. The second-order valence-electron chi connectivity index (χ2n) is 5.78. The van der Waals surface area contributed by atoms with Gasteiger partial charge in [-0.2, -0.15) is 0 Å². The third-order valence-electron chi connectivity index (χ3n) is 4.32. The first-order chi connectivity index (χ1) is 11.8. The molecule has 0 bridgehead atoms. The molecule has 0 aliphatic carbocycles. The lowest BCUT2D eigenvalue weighted by molar-refractivity contribution is -0.144. The Bertz CT molecular complexity index is 797. The molecule has 3 rings (SSSR count). The molecule has 8 nitrogen and oxygen atoms in total. The molecule has 0 saturated carbocycles. The van der Waals surface area contributed by atoms with Crippen LogP contribution in [0.5, 0.6) is 11.5 Å². The van der Waals surface area contributed by atoms with Gasteiger partial charge in [0.05, 0.1) is 14.2 Å². The predicted molar refractivity (Wildman–Crippen MR) is 83.7 cm³/mol. The second-order valence-corrected chi connectivity index (χ2v) is 5.78. The van der Waals surface area contributed by atoms with Gasteiger partial charge in [-0.1, -0.05) is 12.1 Å². The first kappa shape index (κ1) is 16.8. The number of aliphatic hydroxyl groups is 1. The number of para-hydroxylation sites is 1. The Morgan fingerprint density at radius 3 is 2.32 bits per heavy atom. The molecule has 1 aromatic carbocycles. The van der Waals surface area contributed by atoms with Crippen LogP contribution in [0.1, 0.15) is 25.3 Å². The van der Waals surface area contributed by atoms with E-state index in [9.17, 15) is 19.5 Å². The van der Waals surface area contributed by atoms with Gasteiger partial charge >= 0.3 is 0 Å². The number of ether oxygens (including phenoxy) is 3. The van der Waals surface area contributed by atoms with Crippen molar-refractivity contribution in [1.82, 2.24) is 4.90 Å². The van der Waals surface area contributed by atoms with E-state index in [1.54, 1.807) is 18.2 Å². The van der Waals surface area contributed by atoms with Crippen molar-refractivity contribution in [3.05, 3.63) is 35.4 Å². The molecule has 1 aromatic rings. The first-order valence-corrected chi connectivity index (χ1v) is 7.59. The molecule has 1 fully saturated rings. The first-order valence-electron chi connectivity index (χ1n) is 7.59. The van der Waals surface area contributed by atoms with E-state index < -0.39 is 34.8 Å². The largest absolute Gasteiger partial charge is 0.501 e. The van der Waals surface area contributed by atoms with Crippen molar-refractivity contribution < 1.29 is 33.7 Å².